The first kappa shape index (κ1) is 25.1. The average molecular weight is 520 g/mol. The molecule has 0 bridgehead atoms. The summed E-state index contributed by atoms with van der Waals surface area (Å²) in [6, 6.07) is 12.0. The van der Waals surface area contributed by atoms with Gasteiger partial charge in [0.25, 0.3) is 0 Å². The van der Waals surface area contributed by atoms with Crippen molar-refractivity contribution in [3.05, 3.63) is 83.7 Å². The Morgan fingerprint density at radius 3 is 2.47 bits per heavy atom. The van der Waals surface area contributed by atoms with E-state index < -0.39 is 29.6 Å². The highest BCUT2D eigenvalue weighted by Gasteiger charge is 2.36. The van der Waals surface area contributed by atoms with E-state index in [4.69, 9.17) is 5.10 Å². The zero-order valence-corrected chi connectivity index (χ0v) is 21.2. The smallest absolute Gasteiger partial charge is 0.320 e. The number of nitrogens with one attached hydrogen (secondary N) is 2. The van der Waals surface area contributed by atoms with Gasteiger partial charge in [0.05, 0.1) is 17.9 Å². The number of halogens is 2. The Kier molecular flexibility index (Phi) is 6.66. The summed E-state index contributed by atoms with van der Waals surface area (Å²) in [5.41, 5.74) is 3.47. The first-order valence-corrected chi connectivity index (χ1v) is 12.1. The van der Waals surface area contributed by atoms with Gasteiger partial charge >= 0.3 is 6.03 Å². The molecule has 1 saturated heterocycles. The summed E-state index contributed by atoms with van der Waals surface area (Å²) in [7, 11) is 1.81. The SMILES string of the molecule is CC(=O)N1C[C@@H](NC(=O)Nc2c(C)c(-c3cnn(C)c3)nn2-c2ccccc2)[C@H](c2ccc(F)c(F)c2)C1. The van der Waals surface area contributed by atoms with Gasteiger partial charge in [0.1, 0.15) is 11.5 Å². The molecule has 0 unspecified atom stereocenters. The van der Waals surface area contributed by atoms with Crippen LogP contribution in [0.15, 0.2) is 60.9 Å². The molecule has 0 radical (unpaired) electrons. The molecule has 1 fully saturated rings. The Hall–Kier alpha value is -4.54. The molecule has 0 saturated carbocycles. The number of carbonyl (C=O) groups excluding carboxylic acids is 2. The van der Waals surface area contributed by atoms with Crippen molar-refractivity contribution in [2.45, 2.75) is 25.8 Å². The molecule has 38 heavy (non-hydrogen) atoms. The maximum Gasteiger partial charge on any atom is 0.320 e. The highest BCUT2D eigenvalue weighted by Crippen LogP contribution is 2.31. The van der Waals surface area contributed by atoms with Crippen LogP contribution in [0.4, 0.5) is 19.4 Å². The molecule has 1 aliphatic rings. The topological polar surface area (TPSA) is 97.1 Å². The molecule has 3 heterocycles. The quantitative estimate of drug-likeness (QED) is 0.417. The van der Waals surface area contributed by atoms with Gasteiger partial charge in [0.15, 0.2) is 11.6 Å². The normalized spacial score (nSPS) is 17.0. The van der Waals surface area contributed by atoms with Gasteiger partial charge in [-0.25, -0.2) is 18.3 Å². The molecular weight excluding hydrogens is 492 g/mol. The molecule has 2 aromatic carbocycles. The van der Waals surface area contributed by atoms with Crippen molar-refractivity contribution < 1.29 is 18.4 Å². The number of para-hydroxylation sites is 1. The third-order valence-electron chi connectivity index (χ3n) is 6.79. The summed E-state index contributed by atoms with van der Waals surface area (Å²) >= 11 is 0. The Morgan fingerprint density at radius 2 is 1.82 bits per heavy atom. The van der Waals surface area contributed by atoms with Gasteiger partial charge in [-0.2, -0.15) is 10.2 Å². The second kappa shape index (κ2) is 10.1. The number of hydrogen-bond donors (Lipinski definition) is 2. The number of hydrogen-bond acceptors (Lipinski definition) is 4. The van der Waals surface area contributed by atoms with Crippen LogP contribution in [-0.2, 0) is 11.8 Å². The molecule has 2 atom stereocenters. The molecule has 2 N–H and O–H groups in total. The van der Waals surface area contributed by atoms with Gasteiger partial charge in [0, 0.05) is 50.3 Å². The molecule has 11 heteroatoms. The van der Waals surface area contributed by atoms with Crippen LogP contribution in [0.25, 0.3) is 16.9 Å². The Balaban J connectivity index is 1.44. The number of aryl methyl sites for hydroxylation is 1. The zero-order chi connectivity index (χ0) is 27.0. The maximum absolute atomic E-state index is 14.0. The molecular formula is C27H27F2N7O2. The third kappa shape index (κ3) is 4.86. The van der Waals surface area contributed by atoms with E-state index in [-0.39, 0.29) is 19.0 Å². The molecule has 5 rings (SSSR count). The average Bonchev–Trinajstić information content (AvgIpc) is 3.59. The number of carbonyl (C=O) groups is 2. The van der Waals surface area contributed by atoms with Crippen molar-refractivity contribution in [1.29, 1.82) is 0 Å². The second-order valence-electron chi connectivity index (χ2n) is 9.38. The van der Waals surface area contributed by atoms with E-state index in [0.29, 0.717) is 17.1 Å². The van der Waals surface area contributed by atoms with E-state index in [9.17, 15) is 18.4 Å². The van der Waals surface area contributed by atoms with Crippen LogP contribution in [0, 0.1) is 18.6 Å². The summed E-state index contributed by atoms with van der Waals surface area (Å²) in [5.74, 6) is -2.03. The van der Waals surface area contributed by atoms with Crippen molar-refractivity contribution in [3.8, 4) is 16.9 Å². The zero-order valence-electron chi connectivity index (χ0n) is 21.2. The van der Waals surface area contributed by atoms with Gasteiger partial charge in [-0.05, 0) is 36.8 Å². The van der Waals surface area contributed by atoms with E-state index in [2.05, 4.69) is 15.7 Å². The van der Waals surface area contributed by atoms with Crippen molar-refractivity contribution in [2.75, 3.05) is 18.4 Å². The van der Waals surface area contributed by atoms with Gasteiger partial charge < -0.3 is 10.2 Å². The van der Waals surface area contributed by atoms with Gasteiger partial charge in [0.2, 0.25) is 5.91 Å². The van der Waals surface area contributed by atoms with E-state index in [1.54, 1.807) is 20.5 Å². The van der Waals surface area contributed by atoms with Crippen molar-refractivity contribution in [2.24, 2.45) is 7.05 Å². The summed E-state index contributed by atoms with van der Waals surface area (Å²) in [4.78, 5) is 27.0. The third-order valence-corrected chi connectivity index (χ3v) is 6.79. The summed E-state index contributed by atoms with van der Waals surface area (Å²) in [6.07, 6.45) is 3.55. The number of aromatic nitrogens is 4. The number of urea groups is 1. The predicted molar refractivity (Wildman–Crippen MR) is 138 cm³/mol. The van der Waals surface area contributed by atoms with E-state index in [1.807, 2.05) is 50.5 Å². The number of rotatable bonds is 5. The molecule has 0 aliphatic carbocycles. The van der Waals surface area contributed by atoms with Crippen LogP contribution in [0.1, 0.15) is 24.0 Å². The van der Waals surface area contributed by atoms with E-state index >= 15 is 0 Å². The minimum atomic E-state index is -0.975. The number of anilines is 1. The second-order valence-corrected chi connectivity index (χ2v) is 9.38. The Bertz CT molecular complexity index is 1500. The Morgan fingerprint density at radius 1 is 1.05 bits per heavy atom. The fourth-order valence-electron chi connectivity index (χ4n) is 4.82. The molecule has 196 valence electrons. The monoisotopic (exact) mass is 519 g/mol. The highest BCUT2D eigenvalue weighted by atomic mass is 19.2. The standard InChI is InChI=1S/C27H27F2N7O2/c1-16-25(19-12-30-34(3)13-19)33-36(20-7-5-4-6-8-20)26(16)32-27(38)31-24-15-35(17(2)37)14-21(24)18-9-10-22(28)23(29)11-18/h4-13,21,24H,14-15H2,1-3H3,(H2,31,32,38)/t21-,24+/m0/s1. The fourth-order valence-corrected chi connectivity index (χ4v) is 4.82. The lowest BCUT2D eigenvalue weighted by atomic mass is 9.94. The van der Waals surface area contributed by atoms with Crippen LogP contribution in [0.2, 0.25) is 0 Å². The highest BCUT2D eigenvalue weighted by molar-refractivity contribution is 5.91. The maximum atomic E-state index is 14.0. The summed E-state index contributed by atoms with van der Waals surface area (Å²) in [5, 5.41) is 14.8. The fraction of sp³-hybridized carbons (Fsp3) is 0.259. The number of benzene rings is 2. The van der Waals surface area contributed by atoms with Gasteiger partial charge in [-0.3, -0.25) is 14.8 Å². The molecule has 9 nitrogen and oxygen atoms in total. The molecule has 4 aromatic rings. The van der Waals surface area contributed by atoms with E-state index in [1.165, 1.54) is 13.0 Å². The minimum Gasteiger partial charge on any atom is -0.340 e. The van der Waals surface area contributed by atoms with Crippen LogP contribution in [0.5, 0.6) is 0 Å². The molecule has 0 spiro atoms. The number of nitrogens with zero attached hydrogens (tertiary/aromatic N) is 5. The lowest BCUT2D eigenvalue weighted by Gasteiger charge is -2.21. The lowest BCUT2D eigenvalue weighted by molar-refractivity contribution is -0.127. The van der Waals surface area contributed by atoms with Crippen LogP contribution >= 0.6 is 0 Å². The van der Waals surface area contributed by atoms with Crippen LogP contribution in [-0.4, -0.2) is 55.5 Å². The molecule has 1 aliphatic heterocycles. The van der Waals surface area contributed by atoms with Crippen molar-refractivity contribution in [3.63, 3.8) is 0 Å². The van der Waals surface area contributed by atoms with Crippen LogP contribution in [0.3, 0.4) is 0 Å². The van der Waals surface area contributed by atoms with Gasteiger partial charge in [-0.15, -0.1) is 0 Å². The lowest BCUT2D eigenvalue weighted by Crippen LogP contribution is -2.42. The van der Waals surface area contributed by atoms with Gasteiger partial charge in [-0.1, -0.05) is 24.3 Å². The van der Waals surface area contributed by atoms with Crippen molar-refractivity contribution >= 4 is 17.8 Å². The molecule has 3 amide bonds. The summed E-state index contributed by atoms with van der Waals surface area (Å²) < 4.78 is 30.9. The van der Waals surface area contributed by atoms with Crippen molar-refractivity contribution in [1.82, 2.24) is 29.8 Å². The molecule has 2 aromatic heterocycles. The first-order chi connectivity index (χ1) is 18.2. The van der Waals surface area contributed by atoms with Crippen LogP contribution < -0.4 is 10.6 Å². The number of likely N-dealkylation sites (tertiary alicyclic amines) is 1. The largest absolute Gasteiger partial charge is 0.340 e. The Labute approximate surface area is 218 Å². The van der Waals surface area contributed by atoms with E-state index in [0.717, 1.165) is 28.9 Å². The summed E-state index contributed by atoms with van der Waals surface area (Å²) in [6.45, 7) is 3.82. The predicted octanol–water partition coefficient (Wildman–Crippen LogP) is 4.00. The number of amides is 3. The minimum absolute atomic E-state index is 0.165. The first-order valence-electron chi connectivity index (χ1n) is 12.1.